The fraction of sp³-hybridized carbons (Fsp3) is 0.385. The summed E-state index contributed by atoms with van der Waals surface area (Å²) in [6, 6.07) is 1.65. The van der Waals surface area contributed by atoms with Crippen molar-refractivity contribution in [3.05, 3.63) is 26.5 Å². The van der Waals surface area contributed by atoms with Gasteiger partial charge in [-0.05, 0) is 18.4 Å². The SMILES string of the molecule is CC(C)CCn1cc(C(=O)O)c(-c2cc(Cl)sc2Cl)n1. The Kier molecular flexibility index (Phi) is 4.73. The molecular weight excluding hydrogens is 319 g/mol. The molecule has 108 valence electrons. The van der Waals surface area contributed by atoms with Gasteiger partial charge < -0.3 is 5.11 Å². The molecule has 0 bridgehead atoms. The van der Waals surface area contributed by atoms with Crippen LogP contribution in [-0.4, -0.2) is 20.9 Å². The third kappa shape index (κ3) is 3.34. The van der Waals surface area contributed by atoms with E-state index in [4.69, 9.17) is 23.2 Å². The molecule has 0 saturated carbocycles. The number of rotatable bonds is 5. The molecule has 0 atom stereocenters. The molecule has 0 aromatic carbocycles. The van der Waals surface area contributed by atoms with Gasteiger partial charge in [0, 0.05) is 18.3 Å². The minimum atomic E-state index is -1.02. The fourth-order valence-electron chi connectivity index (χ4n) is 1.78. The van der Waals surface area contributed by atoms with Crippen molar-refractivity contribution in [2.24, 2.45) is 5.92 Å². The Hall–Kier alpha value is -1.04. The van der Waals surface area contributed by atoms with Gasteiger partial charge in [-0.15, -0.1) is 11.3 Å². The number of carboxylic acid groups (broad SMARTS) is 1. The smallest absolute Gasteiger partial charge is 0.339 e. The Morgan fingerprint density at radius 1 is 1.50 bits per heavy atom. The van der Waals surface area contributed by atoms with Crippen LogP contribution in [0.25, 0.3) is 11.3 Å². The molecule has 0 spiro atoms. The van der Waals surface area contributed by atoms with Gasteiger partial charge in [-0.2, -0.15) is 5.10 Å². The van der Waals surface area contributed by atoms with Crippen molar-refractivity contribution in [2.45, 2.75) is 26.8 Å². The second-order valence-corrected chi connectivity index (χ2v) is 7.17. The van der Waals surface area contributed by atoms with Crippen LogP contribution in [0.1, 0.15) is 30.6 Å². The van der Waals surface area contributed by atoms with E-state index in [0.717, 1.165) is 6.42 Å². The van der Waals surface area contributed by atoms with E-state index in [1.807, 2.05) is 0 Å². The minimum absolute atomic E-state index is 0.144. The topological polar surface area (TPSA) is 55.1 Å². The summed E-state index contributed by atoms with van der Waals surface area (Å²) in [5, 5.41) is 13.6. The highest BCUT2D eigenvalue weighted by Crippen LogP contribution is 2.38. The summed E-state index contributed by atoms with van der Waals surface area (Å²) in [7, 11) is 0. The van der Waals surface area contributed by atoms with Crippen LogP contribution in [0.4, 0.5) is 0 Å². The van der Waals surface area contributed by atoms with Crippen LogP contribution in [0, 0.1) is 5.92 Å². The minimum Gasteiger partial charge on any atom is -0.478 e. The van der Waals surface area contributed by atoms with E-state index in [0.29, 0.717) is 32.4 Å². The first-order valence-electron chi connectivity index (χ1n) is 6.14. The standard InChI is InChI=1S/C13H14Cl2N2O2S/c1-7(2)3-4-17-6-9(13(18)19)11(16-17)8-5-10(14)20-12(8)15/h5-7H,3-4H2,1-2H3,(H,18,19). The van der Waals surface area contributed by atoms with Gasteiger partial charge in [0.2, 0.25) is 0 Å². The largest absolute Gasteiger partial charge is 0.478 e. The highest BCUT2D eigenvalue weighted by molar-refractivity contribution is 7.20. The molecule has 2 rings (SSSR count). The predicted octanol–water partition coefficient (Wildman–Crippen LogP) is 4.66. The molecular formula is C13H14Cl2N2O2S. The Morgan fingerprint density at radius 3 is 2.70 bits per heavy atom. The zero-order valence-electron chi connectivity index (χ0n) is 11.1. The van der Waals surface area contributed by atoms with Crippen LogP contribution < -0.4 is 0 Å². The number of carboxylic acids is 1. The number of thiophene rings is 1. The molecule has 2 aromatic rings. The van der Waals surface area contributed by atoms with E-state index < -0.39 is 5.97 Å². The second kappa shape index (κ2) is 6.16. The van der Waals surface area contributed by atoms with Crippen LogP contribution in [0.3, 0.4) is 0 Å². The van der Waals surface area contributed by atoms with Crippen molar-refractivity contribution in [1.29, 1.82) is 0 Å². The average Bonchev–Trinajstić information content (AvgIpc) is 2.89. The van der Waals surface area contributed by atoms with Crippen molar-refractivity contribution >= 4 is 40.5 Å². The first-order valence-corrected chi connectivity index (χ1v) is 7.71. The quantitative estimate of drug-likeness (QED) is 0.865. The molecule has 4 nitrogen and oxygen atoms in total. The van der Waals surface area contributed by atoms with Crippen LogP contribution in [-0.2, 0) is 6.54 Å². The first kappa shape index (κ1) is 15.4. The maximum atomic E-state index is 11.3. The fourth-order valence-corrected chi connectivity index (χ4v) is 3.25. The number of aryl methyl sites for hydroxylation is 1. The van der Waals surface area contributed by atoms with E-state index in [-0.39, 0.29) is 5.56 Å². The highest BCUT2D eigenvalue weighted by atomic mass is 35.5. The van der Waals surface area contributed by atoms with Gasteiger partial charge in [0.05, 0.1) is 4.34 Å². The molecule has 0 radical (unpaired) electrons. The van der Waals surface area contributed by atoms with E-state index >= 15 is 0 Å². The molecule has 20 heavy (non-hydrogen) atoms. The van der Waals surface area contributed by atoms with Gasteiger partial charge in [-0.25, -0.2) is 4.79 Å². The lowest BCUT2D eigenvalue weighted by Gasteiger charge is -2.03. The third-order valence-corrected chi connectivity index (χ3v) is 4.33. The van der Waals surface area contributed by atoms with Gasteiger partial charge >= 0.3 is 5.97 Å². The summed E-state index contributed by atoms with van der Waals surface area (Å²) in [6.07, 6.45) is 2.47. The maximum absolute atomic E-state index is 11.3. The molecule has 2 heterocycles. The van der Waals surface area contributed by atoms with Crippen molar-refractivity contribution in [2.75, 3.05) is 0 Å². The average molecular weight is 333 g/mol. The summed E-state index contributed by atoms with van der Waals surface area (Å²) in [5.41, 5.74) is 1.09. The van der Waals surface area contributed by atoms with E-state index in [1.165, 1.54) is 11.3 Å². The summed E-state index contributed by atoms with van der Waals surface area (Å²) < 4.78 is 2.62. The Balaban J connectivity index is 2.41. The zero-order chi connectivity index (χ0) is 14.9. The number of aromatic carboxylic acids is 1. The van der Waals surface area contributed by atoms with Gasteiger partial charge in [-0.1, -0.05) is 37.0 Å². The molecule has 7 heteroatoms. The Morgan fingerprint density at radius 2 is 2.20 bits per heavy atom. The zero-order valence-corrected chi connectivity index (χ0v) is 13.4. The second-order valence-electron chi connectivity index (χ2n) is 4.88. The first-order chi connectivity index (χ1) is 9.38. The van der Waals surface area contributed by atoms with Gasteiger partial charge in [0.15, 0.2) is 0 Å². The molecule has 0 amide bonds. The predicted molar refractivity (Wildman–Crippen MR) is 82.0 cm³/mol. The lowest BCUT2D eigenvalue weighted by atomic mass is 10.1. The monoisotopic (exact) mass is 332 g/mol. The van der Waals surface area contributed by atoms with Gasteiger partial charge in [-0.3, -0.25) is 4.68 Å². The normalized spacial score (nSPS) is 11.2. The molecule has 1 N–H and O–H groups in total. The number of carbonyl (C=O) groups is 1. The van der Waals surface area contributed by atoms with Crippen molar-refractivity contribution in [3.8, 4) is 11.3 Å². The molecule has 0 unspecified atom stereocenters. The summed E-state index contributed by atoms with van der Waals surface area (Å²) in [6.45, 7) is 4.89. The van der Waals surface area contributed by atoms with Crippen molar-refractivity contribution in [1.82, 2.24) is 9.78 Å². The summed E-state index contributed by atoms with van der Waals surface area (Å²) in [5.74, 6) is -0.496. The van der Waals surface area contributed by atoms with E-state index in [9.17, 15) is 9.90 Å². The van der Waals surface area contributed by atoms with E-state index in [1.54, 1.807) is 16.9 Å². The van der Waals surface area contributed by atoms with E-state index in [2.05, 4.69) is 18.9 Å². The van der Waals surface area contributed by atoms with Gasteiger partial charge in [0.1, 0.15) is 15.6 Å². The van der Waals surface area contributed by atoms with Crippen molar-refractivity contribution in [3.63, 3.8) is 0 Å². The number of hydrogen-bond donors (Lipinski definition) is 1. The highest BCUT2D eigenvalue weighted by Gasteiger charge is 2.21. The van der Waals surface area contributed by atoms with Crippen LogP contribution in [0.15, 0.2) is 12.3 Å². The maximum Gasteiger partial charge on any atom is 0.339 e. The Labute approximate surface area is 130 Å². The molecule has 0 saturated heterocycles. The Bertz CT molecular complexity index is 634. The lowest BCUT2D eigenvalue weighted by molar-refractivity contribution is 0.0697. The number of halogens is 2. The summed E-state index contributed by atoms with van der Waals surface area (Å²) >= 11 is 13.2. The summed E-state index contributed by atoms with van der Waals surface area (Å²) in [4.78, 5) is 11.3. The number of nitrogens with zero attached hydrogens (tertiary/aromatic N) is 2. The van der Waals surface area contributed by atoms with Crippen LogP contribution in [0.5, 0.6) is 0 Å². The molecule has 2 aromatic heterocycles. The molecule has 0 aliphatic heterocycles. The number of aromatic nitrogens is 2. The molecule has 0 aliphatic rings. The van der Waals surface area contributed by atoms with Crippen LogP contribution in [0.2, 0.25) is 8.67 Å². The van der Waals surface area contributed by atoms with Crippen LogP contribution >= 0.6 is 34.5 Å². The van der Waals surface area contributed by atoms with Gasteiger partial charge in [0.25, 0.3) is 0 Å². The number of hydrogen-bond acceptors (Lipinski definition) is 3. The van der Waals surface area contributed by atoms with Crippen molar-refractivity contribution < 1.29 is 9.90 Å². The molecule has 0 fully saturated rings. The third-order valence-electron chi connectivity index (χ3n) is 2.84. The molecule has 0 aliphatic carbocycles. The lowest BCUT2D eigenvalue weighted by Crippen LogP contribution is -2.02.